The molecule has 1 N–H and O–H groups in total. The fourth-order valence-corrected chi connectivity index (χ4v) is 2.68. The van der Waals surface area contributed by atoms with Gasteiger partial charge in [0.1, 0.15) is 12.4 Å². The van der Waals surface area contributed by atoms with Gasteiger partial charge in [-0.1, -0.05) is 12.1 Å². The van der Waals surface area contributed by atoms with Gasteiger partial charge in [-0.25, -0.2) is 4.39 Å². The lowest BCUT2D eigenvalue weighted by molar-refractivity contribution is -0.138. The van der Waals surface area contributed by atoms with Crippen molar-refractivity contribution in [2.45, 2.75) is 25.9 Å². The van der Waals surface area contributed by atoms with Crippen molar-refractivity contribution >= 4 is 5.91 Å². The van der Waals surface area contributed by atoms with Gasteiger partial charge in [0, 0.05) is 19.7 Å². The summed E-state index contributed by atoms with van der Waals surface area (Å²) in [5, 5.41) is 10.4. The number of nitrogens with zero attached hydrogens (tertiary/aromatic N) is 1. The van der Waals surface area contributed by atoms with Gasteiger partial charge in [-0.3, -0.25) is 4.79 Å². The van der Waals surface area contributed by atoms with E-state index in [2.05, 4.69) is 0 Å². The zero-order chi connectivity index (χ0) is 15.2. The Morgan fingerprint density at radius 3 is 2.57 bits per heavy atom. The van der Waals surface area contributed by atoms with Crippen molar-refractivity contribution in [2.75, 3.05) is 26.3 Å². The number of carbonyl (C=O) groups excluding carboxylic acids is 1. The standard InChI is InChI=1S/C16H22FNO3/c1-2-21-11-15(19)18-9-7-13(8-10-18)16(20)12-3-5-14(17)6-4-12/h3-6,13,16,20H,2,7-11H2,1H3/t16-/m1/s1. The van der Waals surface area contributed by atoms with Gasteiger partial charge in [0.2, 0.25) is 5.91 Å². The van der Waals surface area contributed by atoms with Crippen LogP contribution in [0.2, 0.25) is 0 Å². The van der Waals surface area contributed by atoms with Gasteiger partial charge in [0.25, 0.3) is 0 Å². The number of rotatable bonds is 5. The van der Waals surface area contributed by atoms with Gasteiger partial charge in [0.15, 0.2) is 0 Å². The van der Waals surface area contributed by atoms with Crippen LogP contribution in [-0.4, -0.2) is 42.2 Å². The summed E-state index contributed by atoms with van der Waals surface area (Å²) >= 11 is 0. The Morgan fingerprint density at radius 1 is 1.38 bits per heavy atom. The fraction of sp³-hybridized carbons (Fsp3) is 0.562. The van der Waals surface area contributed by atoms with Crippen molar-refractivity contribution < 1.29 is 19.0 Å². The third-order valence-electron chi connectivity index (χ3n) is 3.98. The minimum absolute atomic E-state index is 0.00609. The maximum absolute atomic E-state index is 12.9. The highest BCUT2D eigenvalue weighted by atomic mass is 19.1. The maximum atomic E-state index is 12.9. The molecule has 0 bridgehead atoms. The number of benzene rings is 1. The maximum Gasteiger partial charge on any atom is 0.248 e. The van der Waals surface area contributed by atoms with E-state index in [4.69, 9.17) is 4.74 Å². The highest BCUT2D eigenvalue weighted by Gasteiger charge is 2.28. The lowest BCUT2D eigenvalue weighted by Gasteiger charge is -2.34. The van der Waals surface area contributed by atoms with Crippen LogP contribution in [0, 0.1) is 11.7 Å². The molecule has 1 amide bonds. The normalized spacial score (nSPS) is 17.8. The zero-order valence-corrected chi connectivity index (χ0v) is 12.3. The van der Waals surface area contributed by atoms with Crippen LogP contribution in [0.25, 0.3) is 0 Å². The molecule has 1 saturated heterocycles. The molecular formula is C16H22FNO3. The number of aliphatic hydroxyl groups excluding tert-OH is 1. The largest absolute Gasteiger partial charge is 0.388 e. The summed E-state index contributed by atoms with van der Waals surface area (Å²) in [5.41, 5.74) is 0.732. The molecule has 0 saturated carbocycles. The Morgan fingerprint density at radius 2 is 2.00 bits per heavy atom. The Hall–Kier alpha value is -1.46. The van der Waals surface area contributed by atoms with E-state index in [1.807, 2.05) is 6.92 Å². The van der Waals surface area contributed by atoms with Crippen molar-refractivity contribution in [1.82, 2.24) is 4.90 Å². The van der Waals surface area contributed by atoms with Crippen LogP contribution in [0.1, 0.15) is 31.4 Å². The number of aliphatic hydroxyl groups is 1. The smallest absolute Gasteiger partial charge is 0.248 e. The van der Waals surface area contributed by atoms with Gasteiger partial charge in [-0.2, -0.15) is 0 Å². The Bertz CT molecular complexity index is 455. The lowest BCUT2D eigenvalue weighted by atomic mass is 9.87. The molecule has 0 spiro atoms. The molecule has 1 aromatic rings. The molecular weight excluding hydrogens is 273 g/mol. The van der Waals surface area contributed by atoms with Crippen LogP contribution in [-0.2, 0) is 9.53 Å². The number of halogens is 1. The molecule has 21 heavy (non-hydrogen) atoms. The van der Waals surface area contributed by atoms with Crippen molar-refractivity contribution in [3.05, 3.63) is 35.6 Å². The minimum Gasteiger partial charge on any atom is -0.388 e. The van der Waals surface area contributed by atoms with E-state index in [1.54, 1.807) is 17.0 Å². The molecule has 0 radical (unpaired) electrons. The summed E-state index contributed by atoms with van der Waals surface area (Å²) in [6, 6.07) is 5.96. The summed E-state index contributed by atoms with van der Waals surface area (Å²) in [6.07, 6.45) is 0.891. The number of piperidine rings is 1. The number of amides is 1. The van der Waals surface area contributed by atoms with E-state index < -0.39 is 6.10 Å². The molecule has 116 valence electrons. The van der Waals surface area contributed by atoms with Crippen LogP contribution < -0.4 is 0 Å². The highest BCUT2D eigenvalue weighted by molar-refractivity contribution is 5.77. The van der Waals surface area contributed by atoms with Crippen LogP contribution in [0.4, 0.5) is 4.39 Å². The number of carbonyl (C=O) groups is 1. The number of hydrogen-bond acceptors (Lipinski definition) is 3. The quantitative estimate of drug-likeness (QED) is 0.905. The zero-order valence-electron chi connectivity index (χ0n) is 12.3. The highest BCUT2D eigenvalue weighted by Crippen LogP contribution is 2.30. The van der Waals surface area contributed by atoms with Crippen molar-refractivity contribution in [1.29, 1.82) is 0 Å². The molecule has 1 aromatic carbocycles. The third kappa shape index (κ3) is 4.25. The molecule has 1 aliphatic rings. The number of ether oxygens (including phenoxy) is 1. The average molecular weight is 295 g/mol. The first-order chi connectivity index (χ1) is 10.1. The second-order valence-electron chi connectivity index (χ2n) is 5.35. The Kier molecular flexibility index (Phi) is 5.70. The van der Waals surface area contributed by atoms with E-state index in [0.29, 0.717) is 19.7 Å². The molecule has 5 heteroatoms. The molecule has 0 unspecified atom stereocenters. The summed E-state index contributed by atoms with van der Waals surface area (Å²) in [7, 11) is 0. The topological polar surface area (TPSA) is 49.8 Å². The first-order valence-electron chi connectivity index (χ1n) is 7.41. The molecule has 1 heterocycles. The Labute approximate surface area is 124 Å². The fourth-order valence-electron chi connectivity index (χ4n) is 2.68. The van der Waals surface area contributed by atoms with Gasteiger partial charge >= 0.3 is 0 Å². The summed E-state index contributed by atoms with van der Waals surface area (Å²) in [6.45, 7) is 3.79. The number of hydrogen-bond donors (Lipinski definition) is 1. The lowest BCUT2D eigenvalue weighted by Crippen LogP contribution is -2.41. The minimum atomic E-state index is -0.602. The summed E-state index contributed by atoms with van der Waals surface area (Å²) in [5.74, 6) is -0.194. The van der Waals surface area contributed by atoms with Gasteiger partial charge in [-0.15, -0.1) is 0 Å². The van der Waals surface area contributed by atoms with E-state index in [1.165, 1.54) is 12.1 Å². The predicted molar refractivity (Wildman–Crippen MR) is 77.2 cm³/mol. The van der Waals surface area contributed by atoms with Crippen molar-refractivity contribution in [3.63, 3.8) is 0 Å². The molecule has 1 aliphatic heterocycles. The summed E-state index contributed by atoms with van der Waals surface area (Å²) < 4.78 is 18.0. The molecule has 2 rings (SSSR count). The van der Waals surface area contributed by atoms with Crippen molar-refractivity contribution in [3.8, 4) is 0 Å². The van der Waals surface area contributed by atoms with Gasteiger partial charge in [-0.05, 0) is 43.4 Å². The van der Waals surface area contributed by atoms with Crippen LogP contribution in [0.15, 0.2) is 24.3 Å². The first-order valence-corrected chi connectivity index (χ1v) is 7.41. The van der Waals surface area contributed by atoms with Crippen molar-refractivity contribution in [2.24, 2.45) is 5.92 Å². The van der Waals surface area contributed by atoms with E-state index in [0.717, 1.165) is 18.4 Å². The monoisotopic (exact) mass is 295 g/mol. The van der Waals surface area contributed by atoms with E-state index in [9.17, 15) is 14.3 Å². The molecule has 0 aromatic heterocycles. The van der Waals surface area contributed by atoms with E-state index >= 15 is 0 Å². The predicted octanol–water partition coefficient (Wildman–Crippen LogP) is 2.13. The second-order valence-corrected chi connectivity index (χ2v) is 5.35. The van der Waals surface area contributed by atoms with Crippen LogP contribution in [0.3, 0.4) is 0 Å². The SMILES string of the molecule is CCOCC(=O)N1CCC([C@H](O)c2ccc(F)cc2)CC1. The van der Waals surface area contributed by atoms with Crippen LogP contribution in [0.5, 0.6) is 0 Å². The Balaban J connectivity index is 1.85. The second kappa shape index (κ2) is 7.52. The molecule has 1 fully saturated rings. The molecule has 0 aliphatic carbocycles. The van der Waals surface area contributed by atoms with Crippen LogP contribution >= 0.6 is 0 Å². The third-order valence-corrected chi connectivity index (χ3v) is 3.98. The van der Waals surface area contributed by atoms with Gasteiger partial charge in [0.05, 0.1) is 6.10 Å². The van der Waals surface area contributed by atoms with E-state index in [-0.39, 0.29) is 24.2 Å². The molecule has 4 nitrogen and oxygen atoms in total. The van der Waals surface area contributed by atoms with Gasteiger partial charge < -0.3 is 14.7 Å². The molecule has 1 atom stereocenters. The first kappa shape index (κ1) is 15.9. The average Bonchev–Trinajstić information content (AvgIpc) is 2.53. The summed E-state index contributed by atoms with van der Waals surface area (Å²) in [4.78, 5) is 13.6. The number of likely N-dealkylation sites (tertiary alicyclic amines) is 1.